The van der Waals surface area contributed by atoms with Crippen molar-refractivity contribution in [3.8, 4) is 11.3 Å². The van der Waals surface area contributed by atoms with Crippen LogP contribution < -0.4 is 0 Å². The van der Waals surface area contributed by atoms with Gasteiger partial charge in [-0.3, -0.25) is 4.79 Å². The molecule has 1 amide bonds. The standard InChI is InChI=1S/C26H28ClN3O/c1-16-3-6-18(7-4-16)19-11-13-30(14-12-19)26(31)21-8-5-17(2)22(15-21)23-24(27)29-25(28-23)20-9-10-20/h3-8,15,19-20H,9-14H2,1-2H3,(H,28,29). The fourth-order valence-corrected chi connectivity index (χ4v) is 4.79. The molecule has 31 heavy (non-hydrogen) atoms. The minimum atomic E-state index is 0.0951. The van der Waals surface area contributed by atoms with Crippen LogP contribution in [0.25, 0.3) is 11.3 Å². The topological polar surface area (TPSA) is 49.0 Å². The van der Waals surface area contributed by atoms with Crippen molar-refractivity contribution in [2.24, 2.45) is 0 Å². The van der Waals surface area contributed by atoms with Crippen LogP contribution in [0.4, 0.5) is 0 Å². The third-order valence-electron chi connectivity index (χ3n) is 6.71. The Balaban J connectivity index is 1.32. The van der Waals surface area contributed by atoms with Gasteiger partial charge in [-0.05, 0) is 68.7 Å². The lowest BCUT2D eigenvalue weighted by Gasteiger charge is -2.32. The van der Waals surface area contributed by atoms with Gasteiger partial charge in [0.15, 0.2) is 0 Å². The van der Waals surface area contributed by atoms with Crippen molar-refractivity contribution >= 4 is 17.5 Å². The van der Waals surface area contributed by atoms with Crippen LogP contribution in [-0.4, -0.2) is 33.9 Å². The molecule has 3 aromatic rings. The Morgan fingerprint density at radius 2 is 1.71 bits per heavy atom. The van der Waals surface area contributed by atoms with Gasteiger partial charge in [0.2, 0.25) is 0 Å². The number of amides is 1. The lowest BCUT2D eigenvalue weighted by atomic mass is 9.89. The molecule has 0 unspecified atom stereocenters. The Morgan fingerprint density at radius 1 is 1.00 bits per heavy atom. The molecule has 2 fully saturated rings. The first-order valence-corrected chi connectivity index (χ1v) is 11.6. The quantitative estimate of drug-likeness (QED) is 0.529. The summed E-state index contributed by atoms with van der Waals surface area (Å²) in [7, 11) is 0. The van der Waals surface area contributed by atoms with Crippen LogP contribution in [0.15, 0.2) is 42.5 Å². The van der Waals surface area contributed by atoms with Gasteiger partial charge in [0, 0.05) is 30.1 Å². The SMILES string of the molecule is Cc1ccc(C2CCN(C(=O)c3ccc(C)c(-c4nc(C5CC5)[nH]c4Cl)c3)CC2)cc1. The Hall–Kier alpha value is -2.59. The summed E-state index contributed by atoms with van der Waals surface area (Å²) in [5, 5.41) is 0.563. The van der Waals surface area contributed by atoms with E-state index in [1.54, 1.807) is 0 Å². The van der Waals surface area contributed by atoms with Crippen molar-refractivity contribution in [1.82, 2.24) is 14.9 Å². The number of aryl methyl sites for hydroxylation is 2. The second kappa shape index (κ2) is 8.16. The highest BCUT2D eigenvalue weighted by Crippen LogP contribution is 2.41. The molecule has 2 aliphatic rings. The number of halogens is 1. The maximum atomic E-state index is 13.3. The average molecular weight is 434 g/mol. The van der Waals surface area contributed by atoms with E-state index in [-0.39, 0.29) is 5.91 Å². The molecular weight excluding hydrogens is 406 g/mol. The number of hydrogen-bond acceptors (Lipinski definition) is 2. The van der Waals surface area contributed by atoms with Crippen LogP contribution in [0.3, 0.4) is 0 Å². The number of nitrogens with one attached hydrogen (secondary N) is 1. The number of aromatic nitrogens is 2. The first kappa shape index (κ1) is 20.3. The van der Waals surface area contributed by atoms with Gasteiger partial charge in [-0.25, -0.2) is 4.98 Å². The third kappa shape index (κ3) is 4.14. The van der Waals surface area contributed by atoms with Gasteiger partial charge in [0.05, 0.1) is 0 Å². The predicted molar refractivity (Wildman–Crippen MR) is 125 cm³/mol. The molecule has 1 saturated heterocycles. The molecule has 1 saturated carbocycles. The van der Waals surface area contributed by atoms with Crippen molar-refractivity contribution in [2.45, 2.75) is 51.4 Å². The van der Waals surface area contributed by atoms with Crippen molar-refractivity contribution < 1.29 is 4.79 Å². The number of nitrogens with zero attached hydrogens (tertiary/aromatic N) is 2. The van der Waals surface area contributed by atoms with Gasteiger partial charge in [0.25, 0.3) is 5.91 Å². The normalized spacial score (nSPS) is 17.2. The van der Waals surface area contributed by atoms with Gasteiger partial charge >= 0.3 is 0 Å². The smallest absolute Gasteiger partial charge is 0.253 e. The molecule has 2 aromatic carbocycles. The zero-order chi connectivity index (χ0) is 21.5. The van der Waals surface area contributed by atoms with E-state index in [0.29, 0.717) is 22.6 Å². The number of carbonyl (C=O) groups excluding carboxylic acids is 1. The fourth-order valence-electron chi connectivity index (χ4n) is 4.54. The van der Waals surface area contributed by atoms with Crippen LogP contribution in [0.1, 0.15) is 70.4 Å². The maximum absolute atomic E-state index is 13.3. The Labute approximate surface area is 188 Å². The molecule has 0 radical (unpaired) electrons. The Morgan fingerprint density at radius 3 is 2.39 bits per heavy atom. The molecule has 5 heteroatoms. The van der Waals surface area contributed by atoms with Crippen molar-refractivity contribution in [3.05, 3.63) is 75.7 Å². The predicted octanol–water partition coefficient (Wildman–Crippen LogP) is 6.24. The summed E-state index contributed by atoms with van der Waals surface area (Å²) >= 11 is 6.47. The second-order valence-corrected chi connectivity index (χ2v) is 9.44. The number of benzene rings is 2. The van der Waals surface area contributed by atoms with E-state index in [4.69, 9.17) is 16.6 Å². The van der Waals surface area contributed by atoms with Crippen LogP contribution in [0, 0.1) is 13.8 Å². The van der Waals surface area contributed by atoms with E-state index in [0.717, 1.165) is 48.6 Å². The first-order chi connectivity index (χ1) is 15.0. The highest BCUT2D eigenvalue weighted by atomic mass is 35.5. The van der Waals surface area contributed by atoms with Crippen LogP contribution in [0.2, 0.25) is 5.15 Å². The van der Waals surface area contributed by atoms with Gasteiger partial charge in [0.1, 0.15) is 16.7 Å². The van der Waals surface area contributed by atoms with E-state index in [1.165, 1.54) is 24.0 Å². The van der Waals surface area contributed by atoms with Crippen LogP contribution >= 0.6 is 11.6 Å². The summed E-state index contributed by atoms with van der Waals surface area (Å²) in [6.45, 7) is 5.73. The molecular formula is C26H28ClN3O. The molecule has 1 aliphatic carbocycles. The summed E-state index contributed by atoms with van der Waals surface area (Å²) in [5.41, 5.74) is 6.15. The minimum absolute atomic E-state index is 0.0951. The van der Waals surface area contributed by atoms with Gasteiger partial charge in [-0.2, -0.15) is 0 Å². The molecule has 5 rings (SSSR count). The van der Waals surface area contributed by atoms with Gasteiger partial charge in [-0.1, -0.05) is 47.5 Å². The number of hydrogen-bond donors (Lipinski definition) is 1. The van der Waals surface area contributed by atoms with E-state index >= 15 is 0 Å². The van der Waals surface area contributed by atoms with Crippen LogP contribution in [0.5, 0.6) is 0 Å². The van der Waals surface area contributed by atoms with Gasteiger partial charge in [-0.15, -0.1) is 0 Å². The number of imidazole rings is 1. The summed E-state index contributed by atoms with van der Waals surface area (Å²) < 4.78 is 0. The van der Waals surface area contributed by atoms with Crippen molar-refractivity contribution in [1.29, 1.82) is 0 Å². The summed E-state index contributed by atoms with van der Waals surface area (Å²) in [5.74, 6) is 2.10. The number of piperidine rings is 1. The number of rotatable bonds is 4. The molecule has 1 aliphatic heterocycles. The number of aromatic amines is 1. The third-order valence-corrected chi connectivity index (χ3v) is 6.99. The van der Waals surface area contributed by atoms with Crippen molar-refractivity contribution in [2.75, 3.05) is 13.1 Å². The largest absolute Gasteiger partial charge is 0.339 e. The molecule has 1 N–H and O–H groups in total. The minimum Gasteiger partial charge on any atom is -0.339 e. The summed E-state index contributed by atoms with van der Waals surface area (Å²) in [4.78, 5) is 23.2. The highest BCUT2D eigenvalue weighted by molar-refractivity contribution is 6.32. The molecule has 160 valence electrons. The van der Waals surface area contributed by atoms with E-state index in [1.807, 2.05) is 30.0 Å². The molecule has 0 atom stereocenters. The highest BCUT2D eigenvalue weighted by Gasteiger charge is 2.29. The fraction of sp³-hybridized carbons (Fsp3) is 0.385. The number of carbonyl (C=O) groups is 1. The second-order valence-electron chi connectivity index (χ2n) is 9.07. The van der Waals surface area contributed by atoms with Crippen molar-refractivity contribution in [3.63, 3.8) is 0 Å². The maximum Gasteiger partial charge on any atom is 0.253 e. The molecule has 0 bridgehead atoms. The Kier molecular flexibility index (Phi) is 5.35. The summed E-state index contributed by atoms with van der Waals surface area (Å²) in [6.07, 6.45) is 4.34. The van der Waals surface area contributed by atoms with E-state index < -0.39 is 0 Å². The average Bonchev–Trinajstić information content (AvgIpc) is 3.56. The molecule has 4 nitrogen and oxygen atoms in total. The molecule has 2 heterocycles. The number of H-pyrrole nitrogens is 1. The number of likely N-dealkylation sites (tertiary alicyclic amines) is 1. The molecule has 0 spiro atoms. The first-order valence-electron chi connectivity index (χ1n) is 11.2. The van der Waals surface area contributed by atoms with Crippen LogP contribution in [-0.2, 0) is 0 Å². The zero-order valence-corrected chi connectivity index (χ0v) is 18.9. The van der Waals surface area contributed by atoms with Gasteiger partial charge < -0.3 is 9.88 Å². The lowest BCUT2D eigenvalue weighted by Crippen LogP contribution is -2.37. The lowest BCUT2D eigenvalue weighted by molar-refractivity contribution is 0.0713. The van der Waals surface area contributed by atoms with E-state index in [2.05, 4.69) is 36.2 Å². The Bertz CT molecular complexity index is 1110. The summed E-state index contributed by atoms with van der Waals surface area (Å²) in [6, 6.07) is 14.7. The zero-order valence-electron chi connectivity index (χ0n) is 18.1. The van der Waals surface area contributed by atoms with E-state index in [9.17, 15) is 4.79 Å². The monoisotopic (exact) mass is 433 g/mol. The molecule has 1 aromatic heterocycles.